The first-order chi connectivity index (χ1) is 9.32. The number of hydrogen-bond donors (Lipinski definition) is 1. The molecule has 0 fully saturated rings. The van der Waals surface area contributed by atoms with E-state index in [9.17, 15) is 14.9 Å². The zero-order valence-electron chi connectivity index (χ0n) is 11.9. The van der Waals surface area contributed by atoms with Crippen molar-refractivity contribution in [3.63, 3.8) is 0 Å². The van der Waals surface area contributed by atoms with E-state index < -0.39 is 10.9 Å². The maximum Gasteiger partial charge on any atom is 0.311 e. The highest BCUT2D eigenvalue weighted by atomic mass is 16.6. The molecule has 0 aliphatic rings. The van der Waals surface area contributed by atoms with Crippen LogP contribution in [-0.4, -0.2) is 33.6 Å². The van der Waals surface area contributed by atoms with Gasteiger partial charge in [0, 0.05) is 31.3 Å². The second kappa shape index (κ2) is 6.83. The van der Waals surface area contributed by atoms with Gasteiger partial charge in [-0.3, -0.25) is 14.9 Å². The molecule has 0 atom stereocenters. The van der Waals surface area contributed by atoms with Crippen molar-refractivity contribution in [1.82, 2.24) is 4.98 Å². The Balaban J connectivity index is 3.02. The first-order valence-electron chi connectivity index (χ1n) is 6.42. The lowest BCUT2D eigenvalue weighted by Crippen LogP contribution is -2.33. The molecule has 1 heterocycles. The topological polar surface area (TPSA) is 96.6 Å². The Morgan fingerprint density at radius 3 is 2.70 bits per heavy atom. The number of anilines is 1. The third-order valence-electron chi connectivity index (χ3n) is 2.87. The predicted octanol–water partition coefficient (Wildman–Crippen LogP) is 2.38. The fraction of sp³-hybridized carbons (Fsp3) is 0.538. The van der Waals surface area contributed by atoms with Gasteiger partial charge in [-0.05, 0) is 32.8 Å². The van der Waals surface area contributed by atoms with Crippen molar-refractivity contribution in [2.24, 2.45) is 0 Å². The largest absolute Gasteiger partial charge is 0.481 e. The van der Waals surface area contributed by atoms with E-state index in [4.69, 9.17) is 5.11 Å². The highest BCUT2D eigenvalue weighted by Gasteiger charge is 2.23. The molecule has 0 aliphatic carbocycles. The summed E-state index contributed by atoms with van der Waals surface area (Å²) in [5, 5.41) is 19.8. The summed E-state index contributed by atoms with van der Waals surface area (Å²) in [6, 6.07) is 1.48. The minimum Gasteiger partial charge on any atom is -0.481 e. The third kappa shape index (κ3) is 4.18. The summed E-state index contributed by atoms with van der Waals surface area (Å²) in [7, 11) is 0. The molecule has 1 aromatic rings. The van der Waals surface area contributed by atoms with Crippen LogP contribution in [0.25, 0.3) is 0 Å². The highest BCUT2D eigenvalue weighted by molar-refractivity contribution is 5.66. The number of hydrogen-bond acceptors (Lipinski definition) is 5. The Kier molecular flexibility index (Phi) is 5.42. The molecule has 20 heavy (non-hydrogen) atoms. The van der Waals surface area contributed by atoms with Crippen molar-refractivity contribution < 1.29 is 14.8 Å². The lowest BCUT2D eigenvalue weighted by atomic mass is 10.2. The molecule has 7 nitrogen and oxygen atoms in total. The van der Waals surface area contributed by atoms with Crippen LogP contribution in [0.5, 0.6) is 0 Å². The van der Waals surface area contributed by atoms with Gasteiger partial charge in [-0.25, -0.2) is 4.98 Å². The Morgan fingerprint density at radius 1 is 1.55 bits per heavy atom. The number of nitro groups is 1. The summed E-state index contributed by atoms with van der Waals surface area (Å²) >= 11 is 0. The molecule has 1 N–H and O–H groups in total. The van der Waals surface area contributed by atoms with Gasteiger partial charge in [0.1, 0.15) is 0 Å². The van der Waals surface area contributed by atoms with E-state index in [2.05, 4.69) is 4.98 Å². The number of carbonyl (C=O) groups is 1. The van der Waals surface area contributed by atoms with E-state index in [-0.39, 0.29) is 18.2 Å². The van der Waals surface area contributed by atoms with Crippen molar-refractivity contribution in [3.8, 4) is 0 Å². The second-order valence-corrected chi connectivity index (χ2v) is 4.90. The maximum atomic E-state index is 11.1. The zero-order chi connectivity index (χ0) is 15.3. The molecule has 1 rings (SSSR count). The van der Waals surface area contributed by atoms with E-state index in [0.717, 1.165) is 5.56 Å². The van der Waals surface area contributed by atoms with Gasteiger partial charge in [0.05, 0.1) is 4.92 Å². The summed E-state index contributed by atoms with van der Waals surface area (Å²) in [5.74, 6) is -0.582. The Labute approximate surface area is 117 Å². The molecule has 110 valence electrons. The summed E-state index contributed by atoms with van der Waals surface area (Å²) in [5.41, 5.74) is 0.670. The van der Waals surface area contributed by atoms with Crippen LogP contribution in [0.2, 0.25) is 0 Å². The number of aliphatic carboxylic acids is 1. The minimum atomic E-state index is -0.875. The van der Waals surface area contributed by atoms with Crippen LogP contribution in [0.15, 0.2) is 12.3 Å². The van der Waals surface area contributed by atoms with E-state index in [0.29, 0.717) is 18.8 Å². The Morgan fingerprint density at radius 2 is 2.20 bits per heavy atom. The molecular weight excluding hydrogens is 262 g/mol. The molecule has 1 aromatic heterocycles. The number of carboxylic acid groups (broad SMARTS) is 1. The minimum absolute atomic E-state index is 0.00213. The van der Waals surface area contributed by atoms with Gasteiger partial charge in [-0.2, -0.15) is 0 Å². The molecule has 0 amide bonds. The second-order valence-electron chi connectivity index (χ2n) is 4.90. The standard InChI is InChI=1S/C13H19N3O4/c1-9(2)15(6-4-5-12(17)18)13-11(16(19)20)7-10(3)8-14-13/h7-9H,4-6H2,1-3H3,(H,17,18). The quantitative estimate of drug-likeness (QED) is 0.608. The maximum absolute atomic E-state index is 11.1. The lowest BCUT2D eigenvalue weighted by Gasteiger charge is -2.27. The summed E-state index contributed by atoms with van der Waals surface area (Å²) in [6.07, 6.45) is 2.03. The van der Waals surface area contributed by atoms with Gasteiger partial charge in [0.25, 0.3) is 0 Å². The zero-order valence-corrected chi connectivity index (χ0v) is 11.9. The van der Waals surface area contributed by atoms with Crippen molar-refractivity contribution in [2.45, 2.75) is 39.7 Å². The monoisotopic (exact) mass is 281 g/mol. The first-order valence-corrected chi connectivity index (χ1v) is 6.42. The van der Waals surface area contributed by atoms with E-state index in [1.807, 2.05) is 13.8 Å². The van der Waals surface area contributed by atoms with Crippen molar-refractivity contribution >= 4 is 17.5 Å². The molecule has 0 saturated carbocycles. The third-order valence-corrected chi connectivity index (χ3v) is 2.87. The number of rotatable bonds is 7. The van der Waals surface area contributed by atoms with Crippen LogP contribution in [0.3, 0.4) is 0 Å². The van der Waals surface area contributed by atoms with E-state index in [1.165, 1.54) is 6.07 Å². The molecule has 0 saturated heterocycles. The summed E-state index contributed by atoms with van der Waals surface area (Å²) in [4.78, 5) is 27.2. The first kappa shape index (κ1) is 15.9. The average Bonchev–Trinajstić information content (AvgIpc) is 2.34. The van der Waals surface area contributed by atoms with E-state index >= 15 is 0 Å². The van der Waals surface area contributed by atoms with Crippen LogP contribution < -0.4 is 4.90 Å². The number of nitrogens with zero attached hydrogens (tertiary/aromatic N) is 3. The van der Waals surface area contributed by atoms with Crippen LogP contribution >= 0.6 is 0 Å². The van der Waals surface area contributed by atoms with Gasteiger partial charge >= 0.3 is 11.7 Å². The normalized spacial score (nSPS) is 10.6. The molecule has 0 aromatic carbocycles. The highest BCUT2D eigenvalue weighted by Crippen LogP contribution is 2.28. The Hall–Kier alpha value is -2.18. The molecule has 0 aliphatic heterocycles. The smallest absolute Gasteiger partial charge is 0.311 e. The van der Waals surface area contributed by atoms with Crippen molar-refractivity contribution in [3.05, 3.63) is 27.9 Å². The number of pyridine rings is 1. The van der Waals surface area contributed by atoms with Crippen LogP contribution in [0, 0.1) is 17.0 Å². The lowest BCUT2D eigenvalue weighted by molar-refractivity contribution is -0.384. The van der Waals surface area contributed by atoms with Crippen LogP contribution in [-0.2, 0) is 4.79 Å². The summed E-state index contributed by atoms with van der Waals surface area (Å²) < 4.78 is 0. The number of carboxylic acids is 1. The van der Waals surface area contributed by atoms with Gasteiger partial charge in [0.15, 0.2) is 0 Å². The van der Waals surface area contributed by atoms with Gasteiger partial charge in [-0.15, -0.1) is 0 Å². The molecule has 0 bridgehead atoms. The SMILES string of the molecule is Cc1cnc(N(CCCC(=O)O)C(C)C)c([N+](=O)[O-])c1. The van der Waals surface area contributed by atoms with Gasteiger partial charge in [-0.1, -0.05) is 0 Å². The molecule has 0 unspecified atom stereocenters. The van der Waals surface area contributed by atoms with Gasteiger partial charge in [0.2, 0.25) is 5.82 Å². The number of aryl methyl sites for hydroxylation is 1. The number of aromatic nitrogens is 1. The van der Waals surface area contributed by atoms with Gasteiger partial charge < -0.3 is 10.0 Å². The molecule has 0 spiro atoms. The van der Waals surface area contributed by atoms with Crippen molar-refractivity contribution in [1.29, 1.82) is 0 Å². The molecular formula is C13H19N3O4. The van der Waals surface area contributed by atoms with Crippen molar-refractivity contribution in [2.75, 3.05) is 11.4 Å². The van der Waals surface area contributed by atoms with E-state index in [1.54, 1.807) is 18.0 Å². The van der Waals surface area contributed by atoms with Crippen LogP contribution in [0.4, 0.5) is 11.5 Å². The fourth-order valence-corrected chi connectivity index (χ4v) is 1.91. The molecule has 7 heteroatoms. The fourth-order valence-electron chi connectivity index (χ4n) is 1.91. The average molecular weight is 281 g/mol. The predicted molar refractivity (Wildman–Crippen MR) is 75.0 cm³/mol. The summed E-state index contributed by atoms with van der Waals surface area (Å²) in [6.45, 7) is 5.95. The van der Waals surface area contributed by atoms with Crippen LogP contribution in [0.1, 0.15) is 32.3 Å². The molecule has 0 radical (unpaired) electrons. The Bertz CT molecular complexity index is 502.